The van der Waals surface area contributed by atoms with Crippen molar-refractivity contribution in [2.24, 2.45) is 0 Å². The standard InChI is InChI=1S/C12H13FN2O3/c1-14-12(17)10(7-11(16)18-2)15-9-5-3-4-8(13)6-9/h3-7,15H,1-2H3,(H,14,17)/b10-7-. The number of rotatable bonds is 4. The summed E-state index contributed by atoms with van der Waals surface area (Å²) in [7, 11) is 2.61. The second-order valence-electron chi connectivity index (χ2n) is 3.30. The van der Waals surface area contributed by atoms with Crippen molar-refractivity contribution >= 4 is 17.6 Å². The van der Waals surface area contributed by atoms with Crippen LogP contribution in [0.1, 0.15) is 0 Å². The Morgan fingerprint density at radius 2 is 2.11 bits per heavy atom. The third kappa shape index (κ3) is 3.89. The third-order valence-corrected chi connectivity index (χ3v) is 2.04. The molecule has 0 aliphatic carbocycles. The second-order valence-corrected chi connectivity index (χ2v) is 3.30. The fourth-order valence-electron chi connectivity index (χ4n) is 1.19. The summed E-state index contributed by atoms with van der Waals surface area (Å²) >= 11 is 0. The van der Waals surface area contributed by atoms with Crippen LogP contribution in [0.2, 0.25) is 0 Å². The number of hydrogen-bond acceptors (Lipinski definition) is 4. The zero-order valence-electron chi connectivity index (χ0n) is 9.99. The first kappa shape index (κ1) is 13.7. The molecule has 5 nitrogen and oxygen atoms in total. The lowest BCUT2D eigenvalue weighted by atomic mass is 10.3. The molecule has 0 aliphatic rings. The number of esters is 1. The van der Waals surface area contributed by atoms with E-state index in [1.807, 2.05) is 0 Å². The van der Waals surface area contributed by atoms with Crippen LogP contribution < -0.4 is 10.6 Å². The normalized spacial score (nSPS) is 10.7. The number of nitrogens with one attached hydrogen (secondary N) is 2. The maximum atomic E-state index is 13.0. The highest BCUT2D eigenvalue weighted by atomic mass is 19.1. The molecular formula is C12H13FN2O3. The molecule has 0 aliphatic heterocycles. The summed E-state index contributed by atoms with van der Waals surface area (Å²) in [6, 6.07) is 5.53. The molecular weight excluding hydrogens is 239 g/mol. The van der Waals surface area contributed by atoms with Gasteiger partial charge in [-0.25, -0.2) is 9.18 Å². The maximum absolute atomic E-state index is 13.0. The smallest absolute Gasteiger partial charge is 0.332 e. The van der Waals surface area contributed by atoms with Gasteiger partial charge in [-0.1, -0.05) is 6.07 Å². The zero-order valence-corrected chi connectivity index (χ0v) is 9.99. The van der Waals surface area contributed by atoms with Gasteiger partial charge in [0.2, 0.25) is 0 Å². The largest absolute Gasteiger partial charge is 0.466 e. The number of methoxy groups -OCH3 is 1. The van der Waals surface area contributed by atoms with Crippen LogP contribution in [0.4, 0.5) is 10.1 Å². The van der Waals surface area contributed by atoms with Crippen molar-refractivity contribution in [3.05, 3.63) is 41.9 Å². The maximum Gasteiger partial charge on any atom is 0.332 e. The van der Waals surface area contributed by atoms with Gasteiger partial charge in [-0.2, -0.15) is 0 Å². The number of carbonyl (C=O) groups excluding carboxylic acids is 2. The van der Waals surface area contributed by atoms with Crippen LogP contribution in [0.5, 0.6) is 0 Å². The van der Waals surface area contributed by atoms with E-state index in [-0.39, 0.29) is 5.70 Å². The van der Waals surface area contributed by atoms with E-state index in [9.17, 15) is 14.0 Å². The molecule has 0 unspecified atom stereocenters. The molecule has 0 heterocycles. The highest BCUT2D eigenvalue weighted by molar-refractivity contribution is 6.01. The molecule has 0 radical (unpaired) electrons. The van der Waals surface area contributed by atoms with Crippen molar-refractivity contribution in [1.29, 1.82) is 0 Å². The van der Waals surface area contributed by atoms with E-state index < -0.39 is 17.7 Å². The minimum Gasteiger partial charge on any atom is -0.466 e. The van der Waals surface area contributed by atoms with E-state index in [4.69, 9.17) is 0 Å². The number of likely N-dealkylation sites (N-methyl/N-ethyl adjacent to an activating group) is 1. The van der Waals surface area contributed by atoms with Gasteiger partial charge in [0, 0.05) is 12.7 Å². The van der Waals surface area contributed by atoms with E-state index in [0.29, 0.717) is 5.69 Å². The molecule has 0 spiro atoms. The van der Waals surface area contributed by atoms with E-state index in [1.165, 1.54) is 32.4 Å². The van der Waals surface area contributed by atoms with Gasteiger partial charge >= 0.3 is 5.97 Å². The van der Waals surface area contributed by atoms with Crippen LogP contribution in [-0.2, 0) is 14.3 Å². The van der Waals surface area contributed by atoms with Crippen LogP contribution >= 0.6 is 0 Å². The van der Waals surface area contributed by atoms with Gasteiger partial charge in [0.1, 0.15) is 11.5 Å². The third-order valence-electron chi connectivity index (χ3n) is 2.04. The number of hydrogen-bond donors (Lipinski definition) is 2. The summed E-state index contributed by atoms with van der Waals surface area (Å²) in [4.78, 5) is 22.6. The number of carbonyl (C=O) groups is 2. The molecule has 1 amide bonds. The Hall–Kier alpha value is -2.37. The van der Waals surface area contributed by atoms with E-state index in [2.05, 4.69) is 15.4 Å². The van der Waals surface area contributed by atoms with E-state index in [0.717, 1.165) is 6.08 Å². The summed E-state index contributed by atoms with van der Waals surface area (Å²) < 4.78 is 17.4. The summed E-state index contributed by atoms with van der Waals surface area (Å²) in [5.41, 5.74) is 0.323. The van der Waals surface area contributed by atoms with Crippen molar-refractivity contribution in [2.75, 3.05) is 19.5 Å². The van der Waals surface area contributed by atoms with Gasteiger partial charge < -0.3 is 15.4 Å². The first-order valence-electron chi connectivity index (χ1n) is 5.11. The molecule has 1 rings (SSSR count). The Kier molecular flexibility index (Phi) is 4.86. The molecule has 0 bridgehead atoms. The fourth-order valence-corrected chi connectivity index (χ4v) is 1.19. The fraction of sp³-hybridized carbons (Fsp3) is 0.167. The lowest BCUT2D eigenvalue weighted by Gasteiger charge is -2.09. The SMILES string of the molecule is CNC(=O)/C(=C/C(=O)OC)Nc1cccc(F)c1. The van der Waals surface area contributed by atoms with Gasteiger partial charge in [0.05, 0.1) is 13.2 Å². The predicted molar refractivity (Wildman–Crippen MR) is 64.2 cm³/mol. The molecule has 0 saturated heterocycles. The zero-order chi connectivity index (χ0) is 13.5. The molecule has 6 heteroatoms. The Morgan fingerprint density at radius 3 is 2.67 bits per heavy atom. The monoisotopic (exact) mass is 252 g/mol. The van der Waals surface area contributed by atoms with Crippen molar-refractivity contribution < 1.29 is 18.7 Å². The van der Waals surface area contributed by atoms with E-state index >= 15 is 0 Å². The van der Waals surface area contributed by atoms with Crippen LogP contribution in [0.3, 0.4) is 0 Å². The number of amides is 1. The Morgan fingerprint density at radius 1 is 1.39 bits per heavy atom. The number of halogens is 1. The minimum atomic E-state index is -0.683. The summed E-state index contributed by atoms with van der Waals surface area (Å²) in [5, 5.41) is 5.00. The van der Waals surface area contributed by atoms with Crippen molar-refractivity contribution in [3.63, 3.8) is 0 Å². The molecule has 18 heavy (non-hydrogen) atoms. The lowest BCUT2D eigenvalue weighted by Crippen LogP contribution is -2.25. The topological polar surface area (TPSA) is 67.4 Å². The van der Waals surface area contributed by atoms with Gasteiger partial charge in [0.25, 0.3) is 5.91 Å². The summed E-state index contributed by atoms with van der Waals surface area (Å²) in [6.07, 6.45) is 0.990. The summed E-state index contributed by atoms with van der Waals surface area (Å²) in [6.45, 7) is 0. The van der Waals surface area contributed by atoms with Gasteiger partial charge in [-0.05, 0) is 18.2 Å². The quantitative estimate of drug-likeness (QED) is 0.620. The Balaban J connectivity index is 2.95. The second kappa shape index (κ2) is 6.39. The Bertz CT molecular complexity index is 486. The molecule has 0 aromatic heterocycles. The first-order chi connectivity index (χ1) is 8.56. The highest BCUT2D eigenvalue weighted by Crippen LogP contribution is 2.12. The molecule has 0 atom stereocenters. The number of anilines is 1. The number of ether oxygens (including phenoxy) is 1. The highest BCUT2D eigenvalue weighted by Gasteiger charge is 2.10. The average molecular weight is 252 g/mol. The van der Waals surface area contributed by atoms with Crippen LogP contribution in [0, 0.1) is 5.82 Å². The molecule has 96 valence electrons. The lowest BCUT2D eigenvalue weighted by molar-refractivity contribution is -0.135. The molecule has 0 saturated carbocycles. The van der Waals surface area contributed by atoms with Crippen LogP contribution in [0.15, 0.2) is 36.0 Å². The Labute approximate surface area is 104 Å². The molecule has 2 N–H and O–H groups in total. The van der Waals surface area contributed by atoms with Crippen LogP contribution in [0.25, 0.3) is 0 Å². The van der Waals surface area contributed by atoms with Gasteiger partial charge in [-0.15, -0.1) is 0 Å². The van der Waals surface area contributed by atoms with Crippen molar-refractivity contribution in [3.8, 4) is 0 Å². The van der Waals surface area contributed by atoms with Gasteiger partial charge in [0.15, 0.2) is 0 Å². The van der Waals surface area contributed by atoms with E-state index in [1.54, 1.807) is 6.07 Å². The summed E-state index contributed by atoms with van der Waals surface area (Å²) in [5.74, 6) is -1.64. The van der Waals surface area contributed by atoms with Crippen molar-refractivity contribution in [1.82, 2.24) is 5.32 Å². The van der Waals surface area contributed by atoms with Crippen molar-refractivity contribution in [2.45, 2.75) is 0 Å². The number of benzene rings is 1. The first-order valence-corrected chi connectivity index (χ1v) is 5.11. The predicted octanol–water partition coefficient (Wildman–Crippen LogP) is 1.04. The molecule has 1 aromatic carbocycles. The van der Waals surface area contributed by atoms with Gasteiger partial charge in [-0.3, -0.25) is 4.79 Å². The molecule has 1 aromatic rings. The average Bonchev–Trinajstić information content (AvgIpc) is 2.36. The minimum absolute atomic E-state index is 0.0325. The molecule has 0 fully saturated rings. The van der Waals surface area contributed by atoms with Crippen LogP contribution in [-0.4, -0.2) is 26.0 Å².